The summed E-state index contributed by atoms with van der Waals surface area (Å²) in [6.07, 6.45) is -0.820. The van der Waals surface area contributed by atoms with Crippen molar-refractivity contribution >= 4 is 11.9 Å². The third-order valence-corrected chi connectivity index (χ3v) is 2.05. The molecule has 0 radical (unpaired) electrons. The summed E-state index contributed by atoms with van der Waals surface area (Å²) in [5, 5.41) is 19.8. The third kappa shape index (κ3) is 6.03. The summed E-state index contributed by atoms with van der Waals surface area (Å²) in [6.45, 7) is 2.34. The van der Waals surface area contributed by atoms with Crippen LogP contribution >= 0.6 is 0 Å². The molecular weight excluding hydrogens is 200 g/mol. The number of aliphatic hydroxyl groups is 1. The minimum Gasteiger partial charge on any atom is -0.479 e. The maximum atomic E-state index is 11.3. The molecule has 0 bridgehead atoms. The fourth-order valence-electron chi connectivity index (χ4n) is 1.01. The molecule has 0 aliphatic rings. The molecule has 0 fully saturated rings. The highest BCUT2D eigenvalue weighted by Gasteiger charge is 2.15. The van der Waals surface area contributed by atoms with E-state index in [4.69, 9.17) is 15.9 Å². The molecule has 15 heavy (non-hydrogen) atoms. The minimum atomic E-state index is -1.42. The zero-order valence-electron chi connectivity index (χ0n) is 8.77. The molecule has 0 saturated heterocycles. The van der Waals surface area contributed by atoms with Crippen LogP contribution in [0.5, 0.6) is 0 Å². The van der Waals surface area contributed by atoms with E-state index in [9.17, 15) is 9.59 Å². The molecule has 0 aromatic rings. The van der Waals surface area contributed by atoms with Crippen molar-refractivity contribution in [2.75, 3.05) is 13.1 Å². The van der Waals surface area contributed by atoms with Crippen molar-refractivity contribution in [2.45, 2.75) is 25.9 Å². The number of hydrogen-bond acceptors (Lipinski definition) is 4. The van der Waals surface area contributed by atoms with E-state index < -0.39 is 12.1 Å². The predicted molar refractivity (Wildman–Crippen MR) is 54.1 cm³/mol. The summed E-state index contributed by atoms with van der Waals surface area (Å²) < 4.78 is 0. The van der Waals surface area contributed by atoms with Gasteiger partial charge in [0.2, 0.25) is 5.91 Å². The van der Waals surface area contributed by atoms with Crippen molar-refractivity contribution in [1.82, 2.24) is 5.32 Å². The second kappa shape index (κ2) is 7.19. The number of rotatable bonds is 7. The van der Waals surface area contributed by atoms with Gasteiger partial charge in [0.05, 0.1) is 0 Å². The highest BCUT2D eigenvalue weighted by atomic mass is 16.4. The highest BCUT2D eigenvalue weighted by molar-refractivity contribution is 5.78. The van der Waals surface area contributed by atoms with E-state index in [0.29, 0.717) is 13.0 Å². The van der Waals surface area contributed by atoms with Gasteiger partial charge in [-0.1, -0.05) is 6.92 Å². The average Bonchev–Trinajstić information content (AvgIpc) is 2.17. The van der Waals surface area contributed by atoms with Gasteiger partial charge < -0.3 is 21.3 Å². The van der Waals surface area contributed by atoms with Gasteiger partial charge in [-0.05, 0) is 13.0 Å². The predicted octanol–water partition coefficient (Wildman–Crippen LogP) is -1.08. The molecule has 0 rings (SSSR count). The first kappa shape index (κ1) is 13.9. The lowest BCUT2D eigenvalue weighted by atomic mass is 10.1. The number of carboxylic acids is 1. The first-order valence-corrected chi connectivity index (χ1v) is 4.87. The van der Waals surface area contributed by atoms with Crippen molar-refractivity contribution < 1.29 is 19.8 Å². The SMILES string of the molecule is CC(CCN)C(=O)NCCC(O)C(=O)O. The number of amides is 1. The van der Waals surface area contributed by atoms with Crippen LogP contribution in [0.4, 0.5) is 0 Å². The summed E-state index contributed by atoms with van der Waals surface area (Å²) in [4.78, 5) is 21.5. The van der Waals surface area contributed by atoms with E-state index in [1.165, 1.54) is 0 Å². The molecule has 0 aliphatic carbocycles. The van der Waals surface area contributed by atoms with Crippen LogP contribution in [-0.2, 0) is 9.59 Å². The fourth-order valence-corrected chi connectivity index (χ4v) is 1.01. The Balaban J connectivity index is 3.67. The van der Waals surface area contributed by atoms with E-state index in [0.717, 1.165) is 0 Å². The van der Waals surface area contributed by atoms with Crippen LogP contribution in [0, 0.1) is 5.92 Å². The Morgan fingerprint density at radius 2 is 2.00 bits per heavy atom. The molecular formula is C9H18N2O4. The standard InChI is InChI=1S/C9H18N2O4/c1-6(2-4-10)8(13)11-5-3-7(12)9(14)15/h6-7,12H,2-5,10H2,1H3,(H,11,13)(H,14,15). The van der Waals surface area contributed by atoms with E-state index in [1.807, 2.05) is 0 Å². The van der Waals surface area contributed by atoms with Gasteiger partial charge in [0.25, 0.3) is 0 Å². The zero-order valence-corrected chi connectivity index (χ0v) is 8.77. The van der Waals surface area contributed by atoms with Crippen LogP contribution in [0.15, 0.2) is 0 Å². The zero-order chi connectivity index (χ0) is 11.8. The maximum Gasteiger partial charge on any atom is 0.332 e. The first-order chi connectivity index (χ1) is 6.99. The van der Waals surface area contributed by atoms with E-state index in [-0.39, 0.29) is 24.8 Å². The van der Waals surface area contributed by atoms with Gasteiger partial charge in [0.1, 0.15) is 0 Å². The molecule has 0 heterocycles. The molecule has 6 nitrogen and oxygen atoms in total. The molecule has 88 valence electrons. The molecule has 2 atom stereocenters. The van der Waals surface area contributed by atoms with Gasteiger partial charge in [0.15, 0.2) is 6.10 Å². The van der Waals surface area contributed by atoms with Crippen LogP contribution in [0.2, 0.25) is 0 Å². The number of aliphatic carboxylic acids is 1. The van der Waals surface area contributed by atoms with E-state index >= 15 is 0 Å². The van der Waals surface area contributed by atoms with E-state index in [1.54, 1.807) is 6.92 Å². The minimum absolute atomic E-state index is 0.0103. The summed E-state index contributed by atoms with van der Waals surface area (Å²) in [5.41, 5.74) is 5.29. The van der Waals surface area contributed by atoms with Crippen LogP contribution in [0.1, 0.15) is 19.8 Å². The summed E-state index contributed by atoms with van der Waals surface area (Å²) >= 11 is 0. The number of carboxylic acid groups (broad SMARTS) is 1. The number of nitrogens with one attached hydrogen (secondary N) is 1. The molecule has 0 aromatic heterocycles. The van der Waals surface area contributed by atoms with Gasteiger partial charge in [-0.15, -0.1) is 0 Å². The lowest BCUT2D eigenvalue weighted by molar-refractivity contribution is -0.147. The maximum absolute atomic E-state index is 11.3. The first-order valence-electron chi connectivity index (χ1n) is 4.87. The average molecular weight is 218 g/mol. The monoisotopic (exact) mass is 218 g/mol. The van der Waals surface area contributed by atoms with Crippen LogP contribution in [0.3, 0.4) is 0 Å². The van der Waals surface area contributed by atoms with Crippen molar-refractivity contribution in [3.8, 4) is 0 Å². The topological polar surface area (TPSA) is 113 Å². The largest absolute Gasteiger partial charge is 0.479 e. The summed E-state index contributed by atoms with van der Waals surface area (Å²) in [5.74, 6) is -1.63. The number of carbonyl (C=O) groups is 2. The van der Waals surface area contributed by atoms with Crippen LogP contribution in [-0.4, -0.2) is 41.3 Å². The Hall–Kier alpha value is -1.14. The third-order valence-electron chi connectivity index (χ3n) is 2.05. The Labute approximate surface area is 88.5 Å². The molecule has 2 unspecified atom stereocenters. The lowest BCUT2D eigenvalue weighted by Crippen LogP contribution is -2.34. The molecule has 0 spiro atoms. The van der Waals surface area contributed by atoms with Gasteiger partial charge in [-0.25, -0.2) is 4.79 Å². The van der Waals surface area contributed by atoms with Crippen LogP contribution in [0.25, 0.3) is 0 Å². The summed E-state index contributed by atoms with van der Waals surface area (Å²) in [6, 6.07) is 0. The normalized spacial score (nSPS) is 14.3. The van der Waals surface area contributed by atoms with Crippen molar-refractivity contribution in [2.24, 2.45) is 11.7 Å². The number of aliphatic hydroxyl groups excluding tert-OH is 1. The second-order valence-corrected chi connectivity index (χ2v) is 3.41. The molecule has 6 heteroatoms. The van der Waals surface area contributed by atoms with Crippen molar-refractivity contribution in [3.63, 3.8) is 0 Å². The molecule has 0 aromatic carbocycles. The Morgan fingerprint density at radius 3 is 2.47 bits per heavy atom. The van der Waals surface area contributed by atoms with Gasteiger partial charge in [-0.3, -0.25) is 4.79 Å². The van der Waals surface area contributed by atoms with Gasteiger partial charge in [0, 0.05) is 18.9 Å². The molecule has 0 saturated carbocycles. The fraction of sp³-hybridized carbons (Fsp3) is 0.778. The number of carbonyl (C=O) groups excluding carboxylic acids is 1. The summed E-state index contributed by atoms with van der Waals surface area (Å²) in [7, 11) is 0. The van der Waals surface area contributed by atoms with Crippen LogP contribution < -0.4 is 11.1 Å². The van der Waals surface area contributed by atoms with Crippen molar-refractivity contribution in [1.29, 1.82) is 0 Å². The van der Waals surface area contributed by atoms with E-state index in [2.05, 4.69) is 5.32 Å². The Bertz CT molecular complexity index is 220. The number of nitrogens with two attached hydrogens (primary N) is 1. The molecule has 5 N–H and O–H groups in total. The lowest BCUT2D eigenvalue weighted by Gasteiger charge is -2.11. The molecule has 0 aliphatic heterocycles. The van der Waals surface area contributed by atoms with Gasteiger partial charge in [-0.2, -0.15) is 0 Å². The Kier molecular flexibility index (Phi) is 6.64. The smallest absolute Gasteiger partial charge is 0.332 e. The van der Waals surface area contributed by atoms with Gasteiger partial charge >= 0.3 is 5.97 Å². The number of hydrogen-bond donors (Lipinski definition) is 4. The second-order valence-electron chi connectivity index (χ2n) is 3.41. The molecule has 1 amide bonds. The highest BCUT2D eigenvalue weighted by Crippen LogP contribution is 1.99. The Morgan fingerprint density at radius 1 is 1.40 bits per heavy atom. The quantitative estimate of drug-likeness (QED) is 0.434. The van der Waals surface area contributed by atoms with Crippen molar-refractivity contribution in [3.05, 3.63) is 0 Å².